The molecule has 1 fully saturated rings. The van der Waals surface area contributed by atoms with Gasteiger partial charge in [-0.3, -0.25) is 4.79 Å². The third kappa shape index (κ3) is 6.11. The van der Waals surface area contributed by atoms with Crippen LogP contribution in [-0.2, 0) is 9.53 Å². The third-order valence-electron chi connectivity index (χ3n) is 3.07. The molecule has 0 unspecified atom stereocenters. The van der Waals surface area contributed by atoms with Gasteiger partial charge in [0.2, 0.25) is 0 Å². The van der Waals surface area contributed by atoms with Crippen molar-refractivity contribution in [3.05, 3.63) is 0 Å². The van der Waals surface area contributed by atoms with Crippen LogP contribution in [0.1, 0.15) is 58.3 Å². The van der Waals surface area contributed by atoms with Gasteiger partial charge in [-0.1, -0.05) is 32.6 Å². The zero-order valence-corrected chi connectivity index (χ0v) is 10.5. The second-order valence-corrected chi connectivity index (χ2v) is 4.60. The molecule has 0 aromatic rings. The van der Waals surface area contributed by atoms with Crippen LogP contribution in [0.15, 0.2) is 0 Å². The maximum Gasteiger partial charge on any atom is 0.306 e. The Labute approximate surface area is 98.9 Å². The summed E-state index contributed by atoms with van der Waals surface area (Å²) in [4.78, 5) is 11.5. The molecule has 16 heavy (non-hydrogen) atoms. The summed E-state index contributed by atoms with van der Waals surface area (Å²) in [6.07, 6.45) is 8.65. The summed E-state index contributed by atoms with van der Waals surface area (Å²) in [5.74, 6) is 0.00315. The normalized spacial score (nSPS) is 17.3. The number of hydrogen-bond donors (Lipinski definition) is 1. The highest BCUT2D eigenvalue weighted by atomic mass is 16.5. The topological polar surface area (TPSA) is 38.3 Å². The molecule has 0 saturated carbocycles. The van der Waals surface area contributed by atoms with Gasteiger partial charge in [-0.15, -0.1) is 0 Å². The maximum atomic E-state index is 11.5. The summed E-state index contributed by atoms with van der Waals surface area (Å²) in [5, 5.41) is 3.26. The minimum Gasteiger partial charge on any atom is -0.462 e. The van der Waals surface area contributed by atoms with Crippen LogP contribution in [0.3, 0.4) is 0 Å². The summed E-state index contributed by atoms with van der Waals surface area (Å²) in [6, 6.07) is 0. The number of carbonyl (C=O) groups is 1. The lowest BCUT2D eigenvalue weighted by atomic mass is 10.1. The van der Waals surface area contributed by atoms with Gasteiger partial charge in [0, 0.05) is 6.42 Å². The van der Waals surface area contributed by atoms with Crippen molar-refractivity contribution in [1.29, 1.82) is 0 Å². The van der Waals surface area contributed by atoms with Gasteiger partial charge in [-0.05, 0) is 32.4 Å². The Kier molecular flexibility index (Phi) is 7.23. The molecule has 0 amide bonds. The van der Waals surface area contributed by atoms with Crippen molar-refractivity contribution in [3.8, 4) is 0 Å². The number of unbranched alkanes of at least 4 members (excludes halogenated alkanes) is 4. The Morgan fingerprint density at radius 1 is 1.19 bits per heavy atom. The van der Waals surface area contributed by atoms with Crippen molar-refractivity contribution in [2.24, 2.45) is 0 Å². The molecular weight excluding hydrogens is 202 g/mol. The number of carbonyl (C=O) groups excluding carboxylic acids is 1. The predicted molar refractivity (Wildman–Crippen MR) is 65.4 cm³/mol. The van der Waals surface area contributed by atoms with E-state index in [4.69, 9.17) is 4.74 Å². The monoisotopic (exact) mass is 227 g/mol. The van der Waals surface area contributed by atoms with Gasteiger partial charge >= 0.3 is 5.97 Å². The van der Waals surface area contributed by atoms with Gasteiger partial charge in [0.25, 0.3) is 0 Å². The fourth-order valence-electron chi connectivity index (χ4n) is 2.03. The van der Waals surface area contributed by atoms with E-state index in [0.29, 0.717) is 6.42 Å². The quantitative estimate of drug-likeness (QED) is 0.537. The standard InChI is InChI=1S/C13H25NO2/c1-2-3-4-5-6-7-13(15)16-12-8-10-14-11-9-12/h12,14H,2-11H2,1H3. The SMILES string of the molecule is CCCCCCCC(=O)OC1CCNCC1. The van der Waals surface area contributed by atoms with E-state index in [1.165, 1.54) is 19.3 Å². The Morgan fingerprint density at radius 2 is 1.88 bits per heavy atom. The van der Waals surface area contributed by atoms with Gasteiger partial charge in [0.1, 0.15) is 6.10 Å². The van der Waals surface area contributed by atoms with Gasteiger partial charge in [0.15, 0.2) is 0 Å². The molecule has 94 valence electrons. The van der Waals surface area contributed by atoms with Crippen molar-refractivity contribution in [2.75, 3.05) is 13.1 Å². The van der Waals surface area contributed by atoms with Crippen molar-refractivity contribution in [2.45, 2.75) is 64.4 Å². The molecule has 0 aromatic carbocycles. The lowest BCUT2D eigenvalue weighted by Crippen LogP contribution is -2.33. The molecule has 3 heteroatoms. The number of piperidine rings is 1. The summed E-state index contributed by atoms with van der Waals surface area (Å²) in [6.45, 7) is 4.16. The molecule has 0 bridgehead atoms. The van der Waals surface area contributed by atoms with E-state index in [1.54, 1.807) is 0 Å². The number of esters is 1. The number of hydrogen-bond acceptors (Lipinski definition) is 3. The number of ether oxygens (including phenoxy) is 1. The summed E-state index contributed by atoms with van der Waals surface area (Å²) >= 11 is 0. The molecule has 1 saturated heterocycles. The van der Waals surface area contributed by atoms with Crippen LogP contribution < -0.4 is 5.32 Å². The molecule has 0 spiro atoms. The van der Waals surface area contributed by atoms with Gasteiger partial charge in [0.05, 0.1) is 0 Å². The van der Waals surface area contributed by atoms with Gasteiger partial charge in [-0.25, -0.2) is 0 Å². The van der Waals surface area contributed by atoms with Crippen LogP contribution in [0.4, 0.5) is 0 Å². The van der Waals surface area contributed by atoms with E-state index >= 15 is 0 Å². The first-order chi connectivity index (χ1) is 7.83. The maximum absolute atomic E-state index is 11.5. The fraction of sp³-hybridized carbons (Fsp3) is 0.923. The highest BCUT2D eigenvalue weighted by Gasteiger charge is 2.16. The number of rotatable bonds is 7. The summed E-state index contributed by atoms with van der Waals surface area (Å²) in [7, 11) is 0. The van der Waals surface area contributed by atoms with Crippen LogP contribution in [0.5, 0.6) is 0 Å². The molecule has 1 heterocycles. The van der Waals surface area contributed by atoms with Crippen molar-refractivity contribution in [3.63, 3.8) is 0 Å². The van der Waals surface area contributed by atoms with E-state index in [-0.39, 0.29) is 12.1 Å². The molecule has 0 aliphatic carbocycles. The van der Waals surface area contributed by atoms with Crippen molar-refractivity contribution >= 4 is 5.97 Å². The lowest BCUT2D eigenvalue weighted by Gasteiger charge is -2.22. The second-order valence-electron chi connectivity index (χ2n) is 4.60. The minimum absolute atomic E-state index is 0.00315. The van der Waals surface area contributed by atoms with Crippen LogP contribution in [0, 0.1) is 0 Å². The summed E-state index contributed by atoms with van der Waals surface area (Å²) in [5.41, 5.74) is 0. The zero-order chi connectivity index (χ0) is 11.6. The Morgan fingerprint density at radius 3 is 2.56 bits per heavy atom. The van der Waals surface area contributed by atoms with Crippen LogP contribution >= 0.6 is 0 Å². The number of nitrogens with one attached hydrogen (secondary N) is 1. The fourth-order valence-corrected chi connectivity index (χ4v) is 2.03. The van der Waals surface area contributed by atoms with E-state index in [9.17, 15) is 4.79 Å². The first-order valence-electron chi connectivity index (χ1n) is 6.73. The summed E-state index contributed by atoms with van der Waals surface area (Å²) < 4.78 is 5.42. The first-order valence-corrected chi connectivity index (χ1v) is 6.73. The van der Waals surface area contributed by atoms with E-state index < -0.39 is 0 Å². The average Bonchev–Trinajstić information content (AvgIpc) is 2.30. The van der Waals surface area contributed by atoms with Crippen LogP contribution in [0.2, 0.25) is 0 Å². The van der Waals surface area contributed by atoms with Gasteiger partial charge < -0.3 is 10.1 Å². The van der Waals surface area contributed by atoms with Crippen molar-refractivity contribution < 1.29 is 9.53 Å². The second kappa shape index (κ2) is 8.57. The third-order valence-corrected chi connectivity index (χ3v) is 3.07. The lowest BCUT2D eigenvalue weighted by molar-refractivity contribution is -0.150. The smallest absolute Gasteiger partial charge is 0.306 e. The van der Waals surface area contributed by atoms with E-state index in [0.717, 1.165) is 38.8 Å². The molecule has 0 atom stereocenters. The molecular formula is C13H25NO2. The van der Waals surface area contributed by atoms with Gasteiger partial charge in [-0.2, -0.15) is 0 Å². The molecule has 0 aromatic heterocycles. The van der Waals surface area contributed by atoms with E-state index in [2.05, 4.69) is 12.2 Å². The molecule has 1 N–H and O–H groups in total. The van der Waals surface area contributed by atoms with Crippen LogP contribution in [0.25, 0.3) is 0 Å². The van der Waals surface area contributed by atoms with Crippen molar-refractivity contribution in [1.82, 2.24) is 5.32 Å². The Balaban J connectivity index is 1.97. The largest absolute Gasteiger partial charge is 0.462 e. The molecule has 1 aliphatic heterocycles. The zero-order valence-electron chi connectivity index (χ0n) is 10.5. The Bertz CT molecular complexity index is 188. The molecule has 1 rings (SSSR count). The molecule has 0 radical (unpaired) electrons. The molecule has 1 aliphatic rings. The molecule has 3 nitrogen and oxygen atoms in total. The first kappa shape index (κ1) is 13.5. The average molecular weight is 227 g/mol. The highest BCUT2D eigenvalue weighted by molar-refractivity contribution is 5.69. The predicted octanol–water partition coefficient (Wildman–Crippen LogP) is 2.64. The highest BCUT2D eigenvalue weighted by Crippen LogP contribution is 2.11. The Hall–Kier alpha value is -0.570. The van der Waals surface area contributed by atoms with E-state index in [1.807, 2.05) is 0 Å². The van der Waals surface area contributed by atoms with Crippen LogP contribution in [-0.4, -0.2) is 25.2 Å². The minimum atomic E-state index is 0.00315.